The first kappa shape index (κ1) is 45.2. The molecular weight excluding hydrogens is 855 g/mol. The zero-order valence-corrected chi connectivity index (χ0v) is 37.8. The quantitative estimate of drug-likeness (QED) is 0.0620. The van der Waals surface area contributed by atoms with Gasteiger partial charge in [0.15, 0.2) is 17.3 Å². The largest absolute Gasteiger partial charge is 0.451 e. The molecule has 6 aromatic rings. The highest BCUT2D eigenvalue weighted by atomic mass is 16.5. The van der Waals surface area contributed by atoms with Crippen molar-refractivity contribution in [1.82, 2.24) is 36.1 Å². The first-order valence-corrected chi connectivity index (χ1v) is 23.5. The SMILES string of the molecule is CNC(=O)[C@@H](NC(=O)c1ccc(-c2ccc3cc(C(=O)CC4CCC([C@H](NC(=O)c5ccc(-c6ccc7cc(C(=O)N8CCOCC8)[nH]c7c6)o5)C(=O)NC)CC4)[nH]c3c2)o1)C1CCCCC1. The Bertz CT molecular complexity index is 2800. The standard InChI is InChI=1S/C51H57N7O9/c1-52-49(62)45(30-6-4-3-5-7-30)56-47(60)43-18-16-41(66-43)34-14-12-32-25-38(54-36(32)27-34)40(59)24-29-8-10-31(11-9-29)46(50(63)53-2)57-48(61)44-19-17-42(67-44)35-15-13-33-26-39(55-37(33)28-35)51(64)58-20-22-65-23-21-58/h12-19,25-31,45-46,54-55H,3-11,20-24H2,1-2H3,(H,52,62)(H,53,63)(H,56,60)(H,57,61)/t29?,31?,45-,46-/m0/s1. The normalized spacial score (nSPS) is 18.9. The molecule has 1 saturated heterocycles. The molecule has 1 aliphatic heterocycles. The van der Waals surface area contributed by atoms with Gasteiger partial charge in [0, 0.05) is 66.5 Å². The maximum Gasteiger partial charge on any atom is 0.287 e. The van der Waals surface area contributed by atoms with Crippen molar-refractivity contribution in [3.05, 3.63) is 95.7 Å². The molecule has 5 heterocycles. The molecule has 2 saturated carbocycles. The van der Waals surface area contributed by atoms with Crippen LogP contribution >= 0.6 is 0 Å². The lowest BCUT2D eigenvalue weighted by molar-refractivity contribution is -0.124. The summed E-state index contributed by atoms with van der Waals surface area (Å²) >= 11 is 0. The van der Waals surface area contributed by atoms with E-state index in [0.29, 0.717) is 68.5 Å². The lowest BCUT2D eigenvalue weighted by Gasteiger charge is -2.33. The number of hydrogen-bond acceptors (Lipinski definition) is 9. The minimum Gasteiger partial charge on any atom is -0.451 e. The maximum atomic E-state index is 13.6. The summed E-state index contributed by atoms with van der Waals surface area (Å²) in [5.41, 5.74) is 3.97. The molecule has 16 nitrogen and oxygen atoms in total. The summed E-state index contributed by atoms with van der Waals surface area (Å²) in [6.07, 6.45) is 8.06. The molecule has 350 valence electrons. The van der Waals surface area contributed by atoms with Gasteiger partial charge in [-0.2, -0.15) is 0 Å². The van der Waals surface area contributed by atoms with Crippen molar-refractivity contribution >= 4 is 57.1 Å². The van der Waals surface area contributed by atoms with Crippen molar-refractivity contribution in [1.29, 1.82) is 0 Å². The van der Waals surface area contributed by atoms with Crippen LogP contribution in [0.3, 0.4) is 0 Å². The van der Waals surface area contributed by atoms with Gasteiger partial charge in [-0.25, -0.2) is 0 Å². The third-order valence-corrected chi connectivity index (χ3v) is 13.9. The second kappa shape index (κ2) is 19.9. The summed E-state index contributed by atoms with van der Waals surface area (Å²) in [5, 5.41) is 13.0. The monoisotopic (exact) mass is 911 g/mol. The van der Waals surface area contributed by atoms with Crippen LogP contribution in [0.15, 0.2) is 81.6 Å². The highest BCUT2D eigenvalue weighted by molar-refractivity contribution is 6.01. The lowest BCUT2D eigenvalue weighted by Crippen LogP contribution is -2.50. The Hall–Kier alpha value is -6.94. The van der Waals surface area contributed by atoms with Crippen LogP contribution in [0, 0.1) is 17.8 Å². The van der Waals surface area contributed by atoms with Gasteiger partial charge in [-0.3, -0.25) is 28.8 Å². The molecule has 2 aromatic carbocycles. The van der Waals surface area contributed by atoms with E-state index < -0.39 is 23.9 Å². The fourth-order valence-electron chi connectivity index (χ4n) is 10.1. The number of fused-ring (bicyclic) bond motifs is 2. The number of ketones is 1. The summed E-state index contributed by atoms with van der Waals surface area (Å²) in [6, 6.07) is 20.2. The number of aromatic nitrogens is 2. The molecule has 2 aliphatic carbocycles. The summed E-state index contributed by atoms with van der Waals surface area (Å²) in [6.45, 7) is 2.12. The van der Waals surface area contributed by atoms with Crippen molar-refractivity contribution in [2.75, 3.05) is 40.4 Å². The fraction of sp³-hybridized carbons (Fsp3) is 0.412. The lowest BCUT2D eigenvalue weighted by atomic mass is 9.76. The summed E-state index contributed by atoms with van der Waals surface area (Å²) < 4.78 is 17.4. The van der Waals surface area contributed by atoms with E-state index in [-0.39, 0.29) is 52.8 Å². The van der Waals surface area contributed by atoms with E-state index in [0.717, 1.165) is 77.9 Å². The summed E-state index contributed by atoms with van der Waals surface area (Å²) in [5.74, 6) is -0.343. The molecule has 0 spiro atoms. The average Bonchev–Trinajstić information content (AvgIpc) is 4.21. The molecule has 9 rings (SSSR count). The van der Waals surface area contributed by atoms with Crippen molar-refractivity contribution in [3.63, 3.8) is 0 Å². The van der Waals surface area contributed by atoms with Crippen LogP contribution in [0.4, 0.5) is 0 Å². The first-order valence-electron chi connectivity index (χ1n) is 23.5. The van der Waals surface area contributed by atoms with Gasteiger partial charge in [-0.05, 0) is 105 Å². The Kier molecular flexibility index (Phi) is 13.4. The Morgan fingerprint density at radius 1 is 0.612 bits per heavy atom. The number of aromatic amines is 2. The minimum absolute atomic E-state index is 0.0103. The molecule has 2 atom stereocenters. The van der Waals surface area contributed by atoms with Gasteiger partial charge in [-0.1, -0.05) is 43.5 Å². The fourth-order valence-corrected chi connectivity index (χ4v) is 10.1. The van der Waals surface area contributed by atoms with E-state index in [1.807, 2.05) is 48.5 Å². The maximum absolute atomic E-state index is 13.6. The number of amides is 5. The van der Waals surface area contributed by atoms with E-state index in [4.69, 9.17) is 13.6 Å². The van der Waals surface area contributed by atoms with Gasteiger partial charge in [0.05, 0.1) is 18.9 Å². The average molecular weight is 912 g/mol. The van der Waals surface area contributed by atoms with E-state index in [2.05, 4.69) is 31.2 Å². The minimum atomic E-state index is -0.788. The van der Waals surface area contributed by atoms with Gasteiger partial charge < -0.3 is 49.7 Å². The highest BCUT2D eigenvalue weighted by Gasteiger charge is 2.35. The smallest absolute Gasteiger partial charge is 0.287 e. The Balaban J connectivity index is 0.786. The van der Waals surface area contributed by atoms with Crippen LogP contribution in [0.1, 0.15) is 106 Å². The number of benzene rings is 2. The van der Waals surface area contributed by atoms with Gasteiger partial charge in [0.2, 0.25) is 11.8 Å². The second-order valence-electron chi connectivity index (χ2n) is 18.1. The number of ether oxygens (including phenoxy) is 1. The molecular formula is C51H57N7O9. The summed E-state index contributed by atoms with van der Waals surface area (Å²) in [7, 11) is 3.12. The molecule has 0 bridgehead atoms. The number of H-pyrrole nitrogens is 2. The van der Waals surface area contributed by atoms with E-state index in [9.17, 15) is 28.8 Å². The molecule has 4 aromatic heterocycles. The Morgan fingerprint density at radius 3 is 1.66 bits per heavy atom. The number of nitrogens with zero attached hydrogens (tertiary/aromatic N) is 1. The molecule has 6 N–H and O–H groups in total. The number of likely N-dealkylation sites (N-methyl/N-ethyl adjacent to an activating group) is 2. The predicted molar refractivity (Wildman–Crippen MR) is 250 cm³/mol. The van der Waals surface area contributed by atoms with Crippen LogP contribution in [-0.4, -0.2) is 103 Å². The molecule has 16 heteroatoms. The molecule has 0 unspecified atom stereocenters. The van der Waals surface area contributed by atoms with Crippen LogP contribution in [0.5, 0.6) is 0 Å². The number of nitrogens with one attached hydrogen (secondary N) is 6. The third-order valence-electron chi connectivity index (χ3n) is 13.9. The second-order valence-corrected chi connectivity index (χ2v) is 18.1. The van der Waals surface area contributed by atoms with E-state index >= 15 is 0 Å². The Morgan fingerprint density at radius 2 is 1.12 bits per heavy atom. The van der Waals surface area contributed by atoms with Gasteiger partial charge in [-0.15, -0.1) is 0 Å². The zero-order chi connectivity index (χ0) is 46.6. The van der Waals surface area contributed by atoms with Crippen molar-refractivity contribution in [3.8, 4) is 22.6 Å². The van der Waals surface area contributed by atoms with Gasteiger partial charge >= 0.3 is 0 Å². The first-order chi connectivity index (χ1) is 32.5. The Labute approximate surface area is 387 Å². The number of Topliss-reactive ketones (excluding diaryl/α,β-unsaturated/α-hetero) is 1. The number of morpholine rings is 1. The molecule has 3 aliphatic rings. The number of carbonyl (C=O) groups is 6. The summed E-state index contributed by atoms with van der Waals surface area (Å²) in [4.78, 5) is 87.7. The van der Waals surface area contributed by atoms with Crippen LogP contribution in [0.25, 0.3) is 44.5 Å². The molecule has 5 amide bonds. The highest BCUT2D eigenvalue weighted by Crippen LogP contribution is 2.35. The van der Waals surface area contributed by atoms with E-state index in [1.54, 1.807) is 43.3 Å². The van der Waals surface area contributed by atoms with Gasteiger partial charge in [0.25, 0.3) is 17.7 Å². The van der Waals surface area contributed by atoms with Crippen molar-refractivity contribution in [2.24, 2.45) is 17.8 Å². The van der Waals surface area contributed by atoms with Crippen LogP contribution in [-0.2, 0) is 14.3 Å². The third kappa shape index (κ3) is 9.94. The van der Waals surface area contributed by atoms with Crippen molar-refractivity contribution < 1.29 is 42.3 Å². The van der Waals surface area contributed by atoms with Crippen LogP contribution in [0.2, 0.25) is 0 Å². The number of hydrogen-bond donors (Lipinski definition) is 6. The number of furan rings is 2. The number of rotatable bonds is 14. The molecule has 67 heavy (non-hydrogen) atoms. The molecule has 3 fully saturated rings. The van der Waals surface area contributed by atoms with E-state index in [1.165, 1.54) is 0 Å². The predicted octanol–water partition coefficient (Wildman–Crippen LogP) is 6.99. The van der Waals surface area contributed by atoms with Gasteiger partial charge in [0.1, 0.15) is 29.3 Å². The topological polar surface area (TPSA) is 221 Å². The zero-order valence-electron chi connectivity index (χ0n) is 37.8. The van der Waals surface area contributed by atoms with Crippen LogP contribution < -0.4 is 21.3 Å². The number of carbonyl (C=O) groups excluding carboxylic acids is 6. The van der Waals surface area contributed by atoms with Crippen molar-refractivity contribution in [2.45, 2.75) is 76.3 Å². The molecule has 0 radical (unpaired) electrons.